The molecule has 0 rings (SSSR count). The third-order valence-corrected chi connectivity index (χ3v) is 2.22. The first-order valence-electron chi connectivity index (χ1n) is 5.64. The van der Waals surface area contributed by atoms with Crippen LogP contribution in [0.3, 0.4) is 0 Å². The number of carbonyl (C=O) groups is 2. The highest BCUT2D eigenvalue weighted by Crippen LogP contribution is 2.07. The van der Waals surface area contributed by atoms with E-state index in [2.05, 4.69) is 10.6 Å². The predicted molar refractivity (Wildman–Crippen MR) is 68.2 cm³/mol. The molecule has 1 atom stereocenters. The molecule has 1 unspecified atom stereocenters. The number of hydrogen-bond acceptors (Lipinski definition) is 3. The predicted octanol–water partition coefficient (Wildman–Crippen LogP) is 0.0884. The van der Waals surface area contributed by atoms with Gasteiger partial charge >= 0.3 is 0 Å². The quantitative estimate of drug-likeness (QED) is 0.414. The third-order valence-electron chi connectivity index (χ3n) is 2.22. The zero-order chi connectivity index (χ0) is 13.1. The fourth-order valence-electron chi connectivity index (χ4n) is 1.36. The molecule has 0 aromatic heterocycles. The fraction of sp³-hybridized carbons (Fsp3) is 0.500. The summed E-state index contributed by atoms with van der Waals surface area (Å²) in [6.45, 7) is 4.58. The number of carbonyl (C=O) groups excluding carboxylic acids is 2. The molecule has 5 heteroatoms. The molecule has 2 amide bonds. The van der Waals surface area contributed by atoms with Gasteiger partial charge in [0.05, 0.1) is 0 Å². The number of amides is 2. The summed E-state index contributed by atoms with van der Waals surface area (Å²) >= 11 is 0. The first kappa shape index (κ1) is 15.4. The van der Waals surface area contributed by atoms with Gasteiger partial charge in [-0.25, -0.2) is 0 Å². The Morgan fingerprint density at radius 1 is 1.41 bits per heavy atom. The lowest BCUT2D eigenvalue weighted by molar-refractivity contribution is -0.125. The van der Waals surface area contributed by atoms with Crippen LogP contribution in [0, 0.1) is 0 Å². The van der Waals surface area contributed by atoms with Crippen LogP contribution in [-0.2, 0) is 9.59 Å². The van der Waals surface area contributed by atoms with Gasteiger partial charge in [-0.3, -0.25) is 9.59 Å². The summed E-state index contributed by atoms with van der Waals surface area (Å²) in [5.74, 6) is -0.216. The Morgan fingerprint density at radius 2 is 2.12 bits per heavy atom. The second-order valence-electron chi connectivity index (χ2n) is 3.48. The first-order valence-corrected chi connectivity index (χ1v) is 5.64. The van der Waals surface area contributed by atoms with Crippen LogP contribution >= 0.6 is 0 Å². The van der Waals surface area contributed by atoms with Crippen molar-refractivity contribution in [2.45, 2.75) is 26.3 Å². The summed E-state index contributed by atoms with van der Waals surface area (Å²) in [5.41, 5.74) is 6.29. The molecule has 5 nitrogen and oxygen atoms in total. The van der Waals surface area contributed by atoms with E-state index in [1.54, 1.807) is 0 Å². The molecule has 0 saturated heterocycles. The molecule has 0 saturated carbocycles. The van der Waals surface area contributed by atoms with E-state index in [1.807, 2.05) is 32.1 Å². The summed E-state index contributed by atoms with van der Waals surface area (Å²) in [7, 11) is 0. The highest BCUT2D eigenvalue weighted by atomic mass is 16.2. The summed E-state index contributed by atoms with van der Waals surface area (Å²) in [6.07, 6.45) is 6.72. The average molecular weight is 239 g/mol. The molecule has 0 fully saturated rings. The van der Waals surface area contributed by atoms with E-state index in [-0.39, 0.29) is 5.91 Å². The lowest BCUT2D eigenvalue weighted by Gasteiger charge is -2.16. The van der Waals surface area contributed by atoms with Crippen molar-refractivity contribution in [1.29, 1.82) is 0 Å². The molecule has 96 valence electrons. The summed E-state index contributed by atoms with van der Waals surface area (Å²) < 4.78 is 0. The molecule has 4 N–H and O–H groups in total. The summed E-state index contributed by atoms with van der Waals surface area (Å²) in [5, 5.41) is 5.16. The molecule has 0 aliphatic heterocycles. The molecule has 0 bridgehead atoms. The Kier molecular flexibility index (Phi) is 8.68. The highest BCUT2D eigenvalue weighted by Gasteiger charge is 2.17. The maximum absolute atomic E-state index is 11.7. The Hall–Kier alpha value is -1.62. The van der Waals surface area contributed by atoms with Gasteiger partial charge in [-0.1, -0.05) is 23.8 Å². The second kappa shape index (κ2) is 9.59. The molecule has 17 heavy (non-hydrogen) atoms. The van der Waals surface area contributed by atoms with Crippen molar-refractivity contribution < 1.29 is 9.59 Å². The van der Waals surface area contributed by atoms with Gasteiger partial charge < -0.3 is 16.4 Å². The fourth-order valence-corrected chi connectivity index (χ4v) is 1.36. The number of nitrogens with two attached hydrogens (primary N) is 1. The van der Waals surface area contributed by atoms with Crippen LogP contribution in [0.1, 0.15) is 20.3 Å². The summed E-state index contributed by atoms with van der Waals surface area (Å²) in [6, 6.07) is -0.554. The van der Waals surface area contributed by atoms with Crippen molar-refractivity contribution in [1.82, 2.24) is 10.6 Å². The minimum Gasteiger partial charge on any atom is -0.353 e. The Bertz CT molecular complexity index is 298. The Morgan fingerprint density at radius 3 is 2.59 bits per heavy atom. The van der Waals surface area contributed by atoms with E-state index in [9.17, 15) is 9.59 Å². The van der Waals surface area contributed by atoms with Gasteiger partial charge in [0, 0.05) is 19.5 Å². The first-order chi connectivity index (χ1) is 8.19. The van der Waals surface area contributed by atoms with Crippen molar-refractivity contribution >= 4 is 12.3 Å². The van der Waals surface area contributed by atoms with Crippen molar-refractivity contribution in [3.63, 3.8) is 0 Å². The van der Waals surface area contributed by atoms with Gasteiger partial charge in [-0.2, -0.15) is 0 Å². The minimum atomic E-state index is -0.554. The zero-order valence-electron chi connectivity index (χ0n) is 10.4. The van der Waals surface area contributed by atoms with Crippen LogP contribution < -0.4 is 16.4 Å². The van der Waals surface area contributed by atoms with Crippen molar-refractivity contribution in [2.75, 3.05) is 13.1 Å². The molecule has 0 radical (unpaired) electrons. The monoisotopic (exact) mass is 239 g/mol. The molecule has 0 aromatic rings. The maximum atomic E-state index is 11.7. The van der Waals surface area contributed by atoms with E-state index in [0.717, 1.165) is 5.57 Å². The van der Waals surface area contributed by atoms with Gasteiger partial charge in [0.25, 0.3) is 0 Å². The number of allylic oxidation sites excluding steroid dienone is 3. The van der Waals surface area contributed by atoms with Crippen molar-refractivity contribution in [3.8, 4) is 0 Å². The highest BCUT2D eigenvalue weighted by molar-refractivity contribution is 5.84. The lowest BCUT2D eigenvalue weighted by Crippen LogP contribution is -2.45. The number of nitrogens with one attached hydrogen (secondary N) is 2. The topological polar surface area (TPSA) is 84.2 Å². The largest absolute Gasteiger partial charge is 0.353 e. The maximum Gasteiger partial charge on any atom is 0.242 e. The lowest BCUT2D eigenvalue weighted by atomic mass is 10.0. The summed E-state index contributed by atoms with van der Waals surface area (Å²) in [4.78, 5) is 22.2. The molecule has 0 aromatic carbocycles. The normalized spacial score (nSPS) is 13.5. The van der Waals surface area contributed by atoms with Crippen LogP contribution in [0.2, 0.25) is 0 Å². The van der Waals surface area contributed by atoms with Crippen LogP contribution in [0.5, 0.6) is 0 Å². The minimum absolute atomic E-state index is 0.216. The van der Waals surface area contributed by atoms with Gasteiger partial charge in [0.15, 0.2) is 0 Å². The van der Waals surface area contributed by atoms with E-state index in [4.69, 9.17) is 5.73 Å². The van der Waals surface area contributed by atoms with Crippen LogP contribution in [0.25, 0.3) is 0 Å². The van der Waals surface area contributed by atoms with Gasteiger partial charge in [-0.15, -0.1) is 0 Å². The van der Waals surface area contributed by atoms with E-state index in [1.165, 1.54) is 0 Å². The molecule has 0 heterocycles. The van der Waals surface area contributed by atoms with Crippen molar-refractivity contribution in [2.24, 2.45) is 5.73 Å². The van der Waals surface area contributed by atoms with E-state index < -0.39 is 6.04 Å². The van der Waals surface area contributed by atoms with Crippen LogP contribution in [0.4, 0.5) is 0 Å². The average Bonchev–Trinajstić information content (AvgIpc) is 2.34. The van der Waals surface area contributed by atoms with Gasteiger partial charge in [0.2, 0.25) is 12.3 Å². The van der Waals surface area contributed by atoms with Crippen molar-refractivity contribution in [3.05, 3.63) is 23.8 Å². The van der Waals surface area contributed by atoms with Gasteiger partial charge in [-0.05, 0) is 13.8 Å². The third kappa shape index (κ3) is 6.52. The molecule has 0 aliphatic carbocycles. The molecular formula is C12H21N3O2. The second-order valence-corrected chi connectivity index (χ2v) is 3.48. The smallest absolute Gasteiger partial charge is 0.242 e. The SMILES string of the molecule is C/C=C\C(=C/C)CC(NC=O)C(=O)NCCN. The Labute approximate surface area is 102 Å². The molecular weight excluding hydrogens is 218 g/mol. The van der Waals surface area contributed by atoms with E-state index in [0.29, 0.717) is 25.9 Å². The van der Waals surface area contributed by atoms with Crippen LogP contribution in [-0.4, -0.2) is 31.4 Å². The standard InChI is InChI=1S/C12H21N3O2/c1-3-5-10(4-2)8-11(15-9-16)12(17)14-7-6-13/h3-5,9,11H,6-8,13H2,1-2H3,(H,14,17)(H,15,16)/b5-3-,10-4+. The Balaban J connectivity index is 4.50. The van der Waals surface area contributed by atoms with E-state index >= 15 is 0 Å². The number of rotatable bonds is 8. The van der Waals surface area contributed by atoms with Crippen LogP contribution in [0.15, 0.2) is 23.8 Å². The van der Waals surface area contributed by atoms with Gasteiger partial charge in [0.1, 0.15) is 6.04 Å². The number of hydrogen-bond donors (Lipinski definition) is 3. The molecule has 0 aliphatic rings. The molecule has 0 spiro atoms. The zero-order valence-corrected chi connectivity index (χ0v) is 10.4.